The molecule has 5 nitrogen and oxygen atoms in total. The largest absolute Gasteiger partial charge is 0.494 e. The van der Waals surface area contributed by atoms with Gasteiger partial charge in [0, 0.05) is 10.9 Å². The number of unbranched alkanes of at least 4 members (excludes halogenated alkanes) is 1. The second-order valence-electron chi connectivity index (χ2n) is 8.97. The summed E-state index contributed by atoms with van der Waals surface area (Å²) in [7, 11) is 0. The van der Waals surface area contributed by atoms with Crippen molar-refractivity contribution in [1.29, 1.82) is 0 Å². The summed E-state index contributed by atoms with van der Waals surface area (Å²) in [6.45, 7) is 7.26. The summed E-state index contributed by atoms with van der Waals surface area (Å²) in [6, 6.07) is 25.6. The number of ether oxygens (including phenoxy) is 1. The topological polar surface area (TPSA) is 63.6 Å². The van der Waals surface area contributed by atoms with Gasteiger partial charge in [0.05, 0.1) is 29.6 Å². The van der Waals surface area contributed by atoms with Crippen molar-refractivity contribution in [1.82, 2.24) is 10.4 Å². The van der Waals surface area contributed by atoms with Gasteiger partial charge in [0.2, 0.25) is 0 Å². The SMILES string of the molecule is CCCCOc1ccc(C=NNC(=O)c2cc(-c3ccc([C@H](C)CC)cc3)nc3ccccc23)cc1. The van der Waals surface area contributed by atoms with Crippen molar-refractivity contribution in [3.8, 4) is 17.0 Å². The Bertz CT molecular complexity index is 1330. The van der Waals surface area contributed by atoms with Gasteiger partial charge in [-0.05, 0) is 66.3 Å². The van der Waals surface area contributed by atoms with Crippen molar-refractivity contribution in [2.45, 2.75) is 46.0 Å². The van der Waals surface area contributed by atoms with Gasteiger partial charge >= 0.3 is 0 Å². The van der Waals surface area contributed by atoms with Crippen LogP contribution < -0.4 is 10.2 Å². The molecule has 1 atom stereocenters. The Kier molecular flexibility index (Phi) is 8.45. The van der Waals surface area contributed by atoms with Crippen LogP contribution in [-0.2, 0) is 0 Å². The van der Waals surface area contributed by atoms with Crippen LogP contribution in [0.25, 0.3) is 22.2 Å². The van der Waals surface area contributed by atoms with E-state index in [-0.39, 0.29) is 5.91 Å². The summed E-state index contributed by atoms with van der Waals surface area (Å²) in [5, 5.41) is 4.98. The molecule has 0 aliphatic rings. The van der Waals surface area contributed by atoms with Gasteiger partial charge in [-0.2, -0.15) is 5.10 Å². The van der Waals surface area contributed by atoms with Gasteiger partial charge in [0.1, 0.15) is 5.75 Å². The monoisotopic (exact) mass is 479 g/mol. The molecule has 36 heavy (non-hydrogen) atoms. The molecular formula is C31H33N3O2. The maximum absolute atomic E-state index is 13.1. The van der Waals surface area contributed by atoms with Crippen molar-refractivity contribution in [3.05, 3.63) is 95.6 Å². The first kappa shape index (κ1) is 25.1. The predicted octanol–water partition coefficient (Wildman–Crippen LogP) is 7.36. The standard InChI is InChI=1S/C31H33N3O2/c1-4-6-19-36-26-17-11-23(12-18-26)21-32-34-31(35)28-20-30(33-29-10-8-7-9-27(28)29)25-15-13-24(14-16-25)22(3)5-2/h7-18,20-22H,4-6,19H2,1-3H3,(H,34,35)/t22-/m1/s1. The first-order chi connectivity index (χ1) is 17.6. The molecule has 1 aromatic heterocycles. The van der Waals surface area contributed by atoms with Gasteiger partial charge in [-0.3, -0.25) is 4.79 Å². The average molecular weight is 480 g/mol. The van der Waals surface area contributed by atoms with Crippen LogP contribution in [0.1, 0.15) is 67.4 Å². The first-order valence-corrected chi connectivity index (χ1v) is 12.7. The number of amides is 1. The lowest BCUT2D eigenvalue weighted by Gasteiger charge is -2.11. The second kappa shape index (κ2) is 12.1. The molecule has 0 fully saturated rings. The summed E-state index contributed by atoms with van der Waals surface area (Å²) in [5.74, 6) is 1.06. The van der Waals surface area contributed by atoms with Crippen molar-refractivity contribution < 1.29 is 9.53 Å². The number of rotatable bonds is 10. The van der Waals surface area contributed by atoms with E-state index in [9.17, 15) is 4.79 Å². The molecule has 5 heteroatoms. The molecule has 0 unspecified atom stereocenters. The predicted molar refractivity (Wildman–Crippen MR) is 148 cm³/mol. The summed E-state index contributed by atoms with van der Waals surface area (Å²) in [6.07, 6.45) is 4.86. The number of hydrogen-bond acceptors (Lipinski definition) is 4. The van der Waals surface area contributed by atoms with E-state index in [1.165, 1.54) is 5.56 Å². The maximum Gasteiger partial charge on any atom is 0.272 e. The molecule has 0 saturated heterocycles. The molecule has 3 aromatic carbocycles. The van der Waals surface area contributed by atoms with Crippen molar-refractivity contribution in [2.75, 3.05) is 6.61 Å². The summed E-state index contributed by atoms with van der Waals surface area (Å²) < 4.78 is 5.69. The molecule has 4 rings (SSSR count). The molecule has 184 valence electrons. The summed E-state index contributed by atoms with van der Waals surface area (Å²) >= 11 is 0. The van der Waals surface area contributed by atoms with Gasteiger partial charge in [0.25, 0.3) is 5.91 Å². The smallest absolute Gasteiger partial charge is 0.272 e. The summed E-state index contributed by atoms with van der Waals surface area (Å²) in [5.41, 5.74) is 7.91. The number of carbonyl (C=O) groups is 1. The number of hydrogen-bond donors (Lipinski definition) is 1. The molecule has 0 aliphatic carbocycles. The molecule has 0 radical (unpaired) electrons. The normalized spacial score (nSPS) is 12.1. The van der Waals surface area contributed by atoms with Crippen molar-refractivity contribution in [3.63, 3.8) is 0 Å². The van der Waals surface area contributed by atoms with Gasteiger partial charge in [-0.1, -0.05) is 69.7 Å². The lowest BCUT2D eigenvalue weighted by atomic mass is 9.96. The number of fused-ring (bicyclic) bond motifs is 1. The number of pyridine rings is 1. The van der Waals surface area contributed by atoms with E-state index in [4.69, 9.17) is 9.72 Å². The molecule has 0 aliphatic heterocycles. The van der Waals surface area contributed by atoms with Crippen LogP contribution in [0.5, 0.6) is 5.75 Å². The number of benzene rings is 3. The fraction of sp³-hybridized carbons (Fsp3) is 0.258. The number of nitrogens with zero attached hydrogens (tertiary/aromatic N) is 2. The zero-order chi connectivity index (χ0) is 25.3. The Balaban J connectivity index is 1.52. The van der Waals surface area contributed by atoms with E-state index in [1.807, 2.05) is 54.6 Å². The molecule has 4 aromatic rings. The average Bonchev–Trinajstić information content (AvgIpc) is 2.93. The minimum absolute atomic E-state index is 0.276. The van der Waals surface area contributed by atoms with Crippen LogP contribution in [0.15, 0.2) is 84.0 Å². The first-order valence-electron chi connectivity index (χ1n) is 12.7. The van der Waals surface area contributed by atoms with Crippen molar-refractivity contribution in [2.24, 2.45) is 5.10 Å². The zero-order valence-electron chi connectivity index (χ0n) is 21.2. The molecule has 1 N–H and O–H groups in total. The van der Waals surface area contributed by atoms with Crippen LogP contribution in [0.4, 0.5) is 0 Å². The molecule has 1 heterocycles. The number of nitrogens with one attached hydrogen (secondary N) is 1. The highest BCUT2D eigenvalue weighted by molar-refractivity contribution is 6.07. The third-order valence-electron chi connectivity index (χ3n) is 6.38. The van der Waals surface area contributed by atoms with Gasteiger partial charge < -0.3 is 4.74 Å². The minimum Gasteiger partial charge on any atom is -0.494 e. The van der Waals surface area contributed by atoms with Crippen LogP contribution in [0, 0.1) is 0 Å². The fourth-order valence-corrected chi connectivity index (χ4v) is 3.94. The molecule has 0 spiro atoms. The quantitative estimate of drug-likeness (QED) is 0.147. The van der Waals surface area contributed by atoms with Gasteiger partial charge in [-0.15, -0.1) is 0 Å². The lowest BCUT2D eigenvalue weighted by Crippen LogP contribution is -2.18. The Morgan fingerprint density at radius 3 is 2.50 bits per heavy atom. The van der Waals surface area contributed by atoms with E-state index in [0.29, 0.717) is 18.1 Å². The lowest BCUT2D eigenvalue weighted by molar-refractivity contribution is 0.0956. The van der Waals surface area contributed by atoms with Crippen LogP contribution >= 0.6 is 0 Å². The van der Waals surface area contributed by atoms with E-state index in [0.717, 1.165) is 52.7 Å². The Labute approximate surface area is 213 Å². The van der Waals surface area contributed by atoms with Crippen LogP contribution in [-0.4, -0.2) is 23.7 Å². The second-order valence-corrected chi connectivity index (χ2v) is 8.97. The Hall–Kier alpha value is -3.99. The molecule has 0 bridgehead atoms. The third-order valence-corrected chi connectivity index (χ3v) is 6.38. The number of carbonyl (C=O) groups excluding carboxylic acids is 1. The van der Waals surface area contributed by atoms with Crippen LogP contribution in [0.2, 0.25) is 0 Å². The van der Waals surface area contributed by atoms with E-state index in [1.54, 1.807) is 6.21 Å². The number of aromatic nitrogens is 1. The Morgan fingerprint density at radius 1 is 1.03 bits per heavy atom. The van der Waals surface area contributed by atoms with E-state index in [2.05, 4.69) is 55.6 Å². The molecule has 0 saturated carbocycles. The highest BCUT2D eigenvalue weighted by Crippen LogP contribution is 2.27. The summed E-state index contributed by atoms with van der Waals surface area (Å²) in [4.78, 5) is 18.0. The molecule has 1 amide bonds. The van der Waals surface area contributed by atoms with Gasteiger partial charge in [-0.25, -0.2) is 10.4 Å². The maximum atomic E-state index is 13.1. The highest BCUT2D eigenvalue weighted by Gasteiger charge is 2.14. The zero-order valence-corrected chi connectivity index (χ0v) is 21.2. The Morgan fingerprint density at radius 2 is 1.78 bits per heavy atom. The highest BCUT2D eigenvalue weighted by atomic mass is 16.5. The fourth-order valence-electron chi connectivity index (χ4n) is 3.94. The van der Waals surface area contributed by atoms with Gasteiger partial charge in [0.15, 0.2) is 0 Å². The third kappa shape index (κ3) is 6.16. The number of para-hydroxylation sites is 1. The van der Waals surface area contributed by atoms with Crippen molar-refractivity contribution >= 4 is 23.0 Å². The van der Waals surface area contributed by atoms with Crippen LogP contribution in [0.3, 0.4) is 0 Å². The van der Waals surface area contributed by atoms with E-state index >= 15 is 0 Å². The number of hydrazone groups is 1. The van der Waals surface area contributed by atoms with E-state index < -0.39 is 0 Å². The molecular weight excluding hydrogens is 446 g/mol. The minimum atomic E-state index is -0.276.